The molecule has 4 heteroatoms. The molecule has 0 aromatic heterocycles. The van der Waals surface area contributed by atoms with Gasteiger partial charge in [0.2, 0.25) is 0 Å². The van der Waals surface area contributed by atoms with Gasteiger partial charge in [-0.25, -0.2) is 4.79 Å². The molecule has 0 bridgehead atoms. The standard InChI is InChI=1S/C6H9N3O/c1-3-6(8-9-7)5(2)4-10/h6H,3H2,1-2H3. The maximum Gasteiger partial charge on any atom is 0.123 e. The zero-order chi connectivity index (χ0) is 7.98. The molecule has 0 aliphatic carbocycles. The van der Waals surface area contributed by atoms with E-state index in [0.717, 1.165) is 0 Å². The van der Waals surface area contributed by atoms with Crippen LogP contribution >= 0.6 is 0 Å². The van der Waals surface area contributed by atoms with Crippen molar-refractivity contribution in [3.63, 3.8) is 0 Å². The van der Waals surface area contributed by atoms with E-state index in [4.69, 9.17) is 5.53 Å². The normalized spacial score (nSPS) is 11.0. The maximum atomic E-state index is 10.0. The van der Waals surface area contributed by atoms with E-state index in [1.54, 1.807) is 12.9 Å². The third-order valence-electron chi connectivity index (χ3n) is 1.24. The van der Waals surface area contributed by atoms with Crippen LogP contribution in [0.25, 0.3) is 10.4 Å². The van der Waals surface area contributed by atoms with E-state index in [2.05, 4.69) is 10.0 Å². The summed E-state index contributed by atoms with van der Waals surface area (Å²) in [6.07, 6.45) is 0.644. The second kappa shape index (κ2) is 4.62. The highest BCUT2D eigenvalue weighted by atomic mass is 16.1. The first-order valence-corrected chi connectivity index (χ1v) is 3.02. The minimum Gasteiger partial charge on any atom is -0.234 e. The monoisotopic (exact) mass is 139 g/mol. The molecule has 0 aromatic rings. The lowest BCUT2D eigenvalue weighted by Crippen LogP contribution is -2.02. The van der Waals surface area contributed by atoms with E-state index in [1.165, 1.54) is 0 Å². The number of nitrogens with zero attached hydrogens (tertiary/aromatic N) is 3. The van der Waals surface area contributed by atoms with Crippen LogP contribution in [0, 0.1) is 0 Å². The van der Waals surface area contributed by atoms with Crippen molar-refractivity contribution in [1.82, 2.24) is 0 Å². The second-order valence-corrected chi connectivity index (χ2v) is 1.91. The van der Waals surface area contributed by atoms with Crippen molar-refractivity contribution in [3.05, 3.63) is 16.0 Å². The zero-order valence-corrected chi connectivity index (χ0v) is 6.03. The molecule has 4 nitrogen and oxygen atoms in total. The summed E-state index contributed by atoms with van der Waals surface area (Å²) in [5.41, 5.74) is 8.49. The fourth-order valence-electron chi connectivity index (χ4n) is 0.605. The fourth-order valence-corrected chi connectivity index (χ4v) is 0.605. The van der Waals surface area contributed by atoms with Gasteiger partial charge < -0.3 is 0 Å². The van der Waals surface area contributed by atoms with E-state index >= 15 is 0 Å². The van der Waals surface area contributed by atoms with Crippen LogP contribution in [-0.4, -0.2) is 12.0 Å². The Kier molecular flexibility index (Phi) is 4.05. The van der Waals surface area contributed by atoms with Crippen LogP contribution < -0.4 is 0 Å². The first kappa shape index (κ1) is 8.76. The van der Waals surface area contributed by atoms with Crippen molar-refractivity contribution in [2.45, 2.75) is 26.3 Å². The Morgan fingerprint density at radius 1 is 1.90 bits per heavy atom. The molecular formula is C6H9N3O. The van der Waals surface area contributed by atoms with Crippen LogP contribution in [0.15, 0.2) is 10.7 Å². The van der Waals surface area contributed by atoms with Gasteiger partial charge in [0.15, 0.2) is 0 Å². The highest BCUT2D eigenvalue weighted by molar-refractivity contribution is 5.53. The fraction of sp³-hybridized carbons (Fsp3) is 0.667. The molecule has 10 heavy (non-hydrogen) atoms. The van der Waals surface area contributed by atoms with Crippen LogP contribution in [0.2, 0.25) is 0 Å². The molecule has 0 aromatic carbocycles. The molecule has 1 unspecified atom stereocenters. The van der Waals surface area contributed by atoms with Crippen LogP contribution in [0.4, 0.5) is 0 Å². The highest BCUT2D eigenvalue weighted by Crippen LogP contribution is 2.06. The molecule has 0 aliphatic heterocycles. The van der Waals surface area contributed by atoms with E-state index in [0.29, 0.717) is 12.0 Å². The van der Waals surface area contributed by atoms with E-state index in [9.17, 15) is 4.79 Å². The summed E-state index contributed by atoms with van der Waals surface area (Å²) in [4.78, 5) is 12.6. The maximum absolute atomic E-state index is 10.0. The highest BCUT2D eigenvalue weighted by Gasteiger charge is 2.04. The molecule has 0 spiro atoms. The van der Waals surface area contributed by atoms with E-state index in [-0.39, 0.29) is 6.04 Å². The van der Waals surface area contributed by atoms with Crippen molar-refractivity contribution in [2.75, 3.05) is 0 Å². The lowest BCUT2D eigenvalue weighted by molar-refractivity contribution is 0.563. The van der Waals surface area contributed by atoms with Gasteiger partial charge in [0, 0.05) is 10.5 Å². The third-order valence-corrected chi connectivity index (χ3v) is 1.24. The summed E-state index contributed by atoms with van der Waals surface area (Å²) in [6, 6.07) is -0.317. The van der Waals surface area contributed by atoms with Crippen molar-refractivity contribution in [3.8, 4) is 0 Å². The van der Waals surface area contributed by atoms with Gasteiger partial charge >= 0.3 is 0 Å². The van der Waals surface area contributed by atoms with Gasteiger partial charge in [-0.2, -0.15) is 0 Å². The van der Waals surface area contributed by atoms with Gasteiger partial charge in [0.25, 0.3) is 0 Å². The van der Waals surface area contributed by atoms with Crippen LogP contribution in [0.1, 0.15) is 20.3 Å². The molecular weight excluding hydrogens is 130 g/mol. The van der Waals surface area contributed by atoms with Crippen molar-refractivity contribution in [2.24, 2.45) is 5.11 Å². The smallest absolute Gasteiger partial charge is 0.123 e. The van der Waals surface area contributed by atoms with Gasteiger partial charge in [-0.15, -0.1) is 0 Å². The Hall–Kier alpha value is -1.24. The largest absolute Gasteiger partial charge is 0.234 e. The Labute approximate surface area is 59.2 Å². The quantitative estimate of drug-likeness (QED) is 0.254. The minimum absolute atomic E-state index is 0.317. The van der Waals surface area contributed by atoms with Crippen molar-refractivity contribution < 1.29 is 4.79 Å². The Bertz CT molecular complexity index is 199. The molecule has 0 saturated carbocycles. The summed E-state index contributed by atoms with van der Waals surface area (Å²) in [7, 11) is 0. The van der Waals surface area contributed by atoms with Gasteiger partial charge in [0.1, 0.15) is 5.94 Å². The molecule has 1 atom stereocenters. The van der Waals surface area contributed by atoms with E-state index in [1.807, 2.05) is 6.92 Å². The SMILES string of the molecule is CCC(N=[N+]=[N-])C(C)=C=O. The molecule has 0 rings (SSSR count). The summed E-state index contributed by atoms with van der Waals surface area (Å²) >= 11 is 0. The molecule has 0 aliphatic rings. The predicted molar refractivity (Wildman–Crippen MR) is 38.1 cm³/mol. The molecule has 54 valence electrons. The number of hydrogen-bond donors (Lipinski definition) is 0. The van der Waals surface area contributed by atoms with Crippen molar-refractivity contribution >= 4 is 5.94 Å². The minimum atomic E-state index is -0.317. The van der Waals surface area contributed by atoms with Gasteiger partial charge in [-0.1, -0.05) is 12.0 Å². The summed E-state index contributed by atoms with van der Waals surface area (Å²) in [5, 5.41) is 3.39. The number of azide groups is 1. The number of rotatable bonds is 3. The average molecular weight is 139 g/mol. The number of hydrogen-bond acceptors (Lipinski definition) is 2. The van der Waals surface area contributed by atoms with E-state index < -0.39 is 0 Å². The lowest BCUT2D eigenvalue weighted by Gasteiger charge is -2.01. The van der Waals surface area contributed by atoms with Crippen LogP contribution in [0.3, 0.4) is 0 Å². The van der Waals surface area contributed by atoms with Gasteiger partial charge in [-0.3, -0.25) is 0 Å². The summed E-state index contributed by atoms with van der Waals surface area (Å²) in [6.45, 7) is 3.45. The first-order valence-electron chi connectivity index (χ1n) is 3.02. The average Bonchev–Trinajstić information content (AvgIpc) is 1.99. The molecule has 0 radical (unpaired) electrons. The van der Waals surface area contributed by atoms with Gasteiger partial charge in [0.05, 0.1) is 6.04 Å². The third kappa shape index (κ3) is 2.35. The van der Waals surface area contributed by atoms with Crippen molar-refractivity contribution in [1.29, 1.82) is 0 Å². The van der Waals surface area contributed by atoms with Crippen LogP contribution in [-0.2, 0) is 4.79 Å². The molecule has 0 N–H and O–H groups in total. The lowest BCUT2D eigenvalue weighted by atomic mass is 10.1. The summed E-state index contributed by atoms with van der Waals surface area (Å²) in [5.74, 6) is 1.70. The topological polar surface area (TPSA) is 65.8 Å². The predicted octanol–water partition coefficient (Wildman–Crippen LogP) is 1.85. The Morgan fingerprint density at radius 2 is 2.50 bits per heavy atom. The molecule has 0 heterocycles. The second-order valence-electron chi connectivity index (χ2n) is 1.91. The van der Waals surface area contributed by atoms with Gasteiger partial charge in [-0.05, 0) is 18.9 Å². The van der Waals surface area contributed by atoms with Crippen LogP contribution in [0.5, 0.6) is 0 Å². The number of carbonyl (C=O) groups excluding carboxylic acids is 1. The zero-order valence-electron chi connectivity index (χ0n) is 6.03. The Morgan fingerprint density at radius 3 is 2.80 bits per heavy atom. The molecule has 0 amide bonds. The summed E-state index contributed by atoms with van der Waals surface area (Å²) < 4.78 is 0. The Balaban J connectivity index is 4.35. The molecule has 0 fully saturated rings. The first-order chi connectivity index (χ1) is 4.76. The molecule has 0 saturated heterocycles.